The molecule has 5 nitrogen and oxygen atoms in total. The van der Waals surface area contributed by atoms with Gasteiger partial charge in [0.25, 0.3) is 0 Å². The Kier molecular flexibility index (Phi) is 7.19. The molecule has 0 spiro atoms. The van der Waals surface area contributed by atoms with Crippen LogP contribution in [0, 0.1) is 12.3 Å². The first-order chi connectivity index (χ1) is 9.15. The molecule has 0 saturated carbocycles. The van der Waals surface area contributed by atoms with Crippen LogP contribution in [0.4, 0.5) is 4.79 Å². The number of nitrogens with one attached hydrogen (secondary N) is 1. The van der Waals surface area contributed by atoms with E-state index < -0.39 is 5.97 Å². The van der Waals surface area contributed by atoms with Crippen LogP contribution >= 0.6 is 11.8 Å². The van der Waals surface area contributed by atoms with Crippen molar-refractivity contribution in [3.05, 3.63) is 0 Å². The summed E-state index contributed by atoms with van der Waals surface area (Å²) < 4.78 is 0. The number of amides is 2. The maximum atomic E-state index is 12.0. The number of unbranched alkanes of at least 4 members (excludes halogenated alkanes) is 2. The molecule has 0 aromatic heterocycles. The largest absolute Gasteiger partial charge is 0.481 e. The van der Waals surface area contributed by atoms with E-state index in [9.17, 15) is 9.59 Å². The zero-order chi connectivity index (χ0) is 14.1. The summed E-state index contributed by atoms with van der Waals surface area (Å²) in [7, 11) is 0. The van der Waals surface area contributed by atoms with Gasteiger partial charge in [-0.2, -0.15) is 11.8 Å². The molecule has 6 heteroatoms. The van der Waals surface area contributed by atoms with E-state index in [2.05, 4.69) is 11.2 Å². The molecule has 1 aliphatic heterocycles. The van der Waals surface area contributed by atoms with E-state index >= 15 is 0 Å². The van der Waals surface area contributed by atoms with Gasteiger partial charge in [0.1, 0.15) is 0 Å². The number of thioether (sulfide) groups is 1. The lowest BCUT2D eigenvalue weighted by Crippen LogP contribution is -2.51. The zero-order valence-corrected chi connectivity index (χ0v) is 11.7. The Morgan fingerprint density at radius 1 is 1.47 bits per heavy atom. The quantitative estimate of drug-likeness (QED) is 0.571. The maximum Gasteiger partial charge on any atom is 0.317 e. The number of carboxylic acid groups (broad SMARTS) is 1. The second-order valence-corrected chi connectivity index (χ2v) is 5.56. The Morgan fingerprint density at radius 3 is 2.95 bits per heavy atom. The number of hydrogen-bond donors (Lipinski definition) is 2. The third-order valence-corrected chi connectivity index (χ3v) is 4.01. The highest BCUT2D eigenvalue weighted by atomic mass is 32.2. The lowest BCUT2D eigenvalue weighted by Gasteiger charge is -2.34. The third-order valence-electron chi connectivity index (χ3n) is 2.92. The van der Waals surface area contributed by atoms with Gasteiger partial charge in [0.15, 0.2) is 0 Å². The van der Waals surface area contributed by atoms with Gasteiger partial charge in [-0.15, -0.1) is 12.3 Å². The number of carboxylic acids is 1. The number of aliphatic carboxylic acids is 1. The highest BCUT2D eigenvalue weighted by Crippen LogP contribution is 2.19. The average Bonchev–Trinajstić information content (AvgIpc) is 2.38. The predicted octanol–water partition coefficient (Wildman–Crippen LogP) is 1.39. The van der Waals surface area contributed by atoms with Crippen molar-refractivity contribution in [1.82, 2.24) is 10.2 Å². The van der Waals surface area contributed by atoms with Crippen molar-refractivity contribution in [2.45, 2.75) is 31.7 Å². The second kappa shape index (κ2) is 8.70. The molecule has 1 unspecified atom stereocenters. The van der Waals surface area contributed by atoms with Gasteiger partial charge in [-0.1, -0.05) is 0 Å². The minimum Gasteiger partial charge on any atom is -0.481 e. The molecule has 0 aliphatic carbocycles. The molecular formula is C13H20N2O3S. The number of carbonyl (C=O) groups is 2. The molecule has 1 aliphatic rings. The van der Waals surface area contributed by atoms with E-state index in [1.165, 1.54) is 0 Å². The Hall–Kier alpha value is -1.35. The van der Waals surface area contributed by atoms with Gasteiger partial charge in [0.2, 0.25) is 0 Å². The van der Waals surface area contributed by atoms with Gasteiger partial charge in [-0.25, -0.2) is 4.79 Å². The number of hydrogen-bond acceptors (Lipinski definition) is 3. The smallest absolute Gasteiger partial charge is 0.317 e. The first kappa shape index (κ1) is 15.7. The zero-order valence-electron chi connectivity index (χ0n) is 10.9. The number of nitrogens with zero attached hydrogens (tertiary/aromatic N) is 1. The van der Waals surface area contributed by atoms with Gasteiger partial charge >= 0.3 is 12.0 Å². The predicted molar refractivity (Wildman–Crippen MR) is 76.2 cm³/mol. The van der Waals surface area contributed by atoms with Gasteiger partial charge in [-0.05, 0) is 12.8 Å². The van der Waals surface area contributed by atoms with Crippen molar-refractivity contribution in [3.8, 4) is 12.3 Å². The van der Waals surface area contributed by atoms with E-state index in [1.54, 1.807) is 16.7 Å². The molecule has 106 valence electrons. The van der Waals surface area contributed by atoms with E-state index in [-0.39, 0.29) is 18.5 Å². The van der Waals surface area contributed by atoms with Crippen LogP contribution in [0.15, 0.2) is 0 Å². The van der Waals surface area contributed by atoms with Crippen molar-refractivity contribution in [3.63, 3.8) is 0 Å². The summed E-state index contributed by atoms with van der Waals surface area (Å²) in [6.07, 6.45) is 7.62. The summed E-state index contributed by atoms with van der Waals surface area (Å²) in [5, 5.41) is 11.7. The topological polar surface area (TPSA) is 69.6 Å². The fraction of sp³-hybridized carbons (Fsp3) is 0.692. The van der Waals surface area contributed by atoms with Gasteiger partial charge in [0, 0.05) is 31.0 Å². The van der Waals surface area contributed by atoms with Crippen LogP contribution in [0.25, 0.3) is 0 Å². The van der Waals surface area contributed by atoms with Crippen LogP contribution in [0.5, 0.6) is 0 Å². The Balaban J connectivity index is 2.35. The Labute approximate surface area is 118 Å². The molecule has 1 heterocycles. The fourth-order valence-electron chi connectivity index (χ4n) is 1.94. The van der Waals surface area contributed by atoms with Crippen LogP contribution in [-0.2, 0) is 4.79 Å². The molecule has 1 fully saturated rings. The van der Waals surface area contributed by atoms with E-state index in [0.29, 0.717) is 18.8 Å². The minimum atomic E-state index is -0.862. The SMILES string of the molecule is C#CCCCCNC(=O)N1CCSCC1CC(=O)O. The molecule has 1 saturated heterocycles. The summed E-state index contributed by atoms with van der Waals surface area (Å²) in [4.78, 5) is 24.4. The van der Waals surface area contributed by atoms with Crippen LogP contribution in [0.3, 0.4) is 0 Å². The number of urea groups is 1. The van der Waals surface area contributed by atoms with Crippen LogP contribution in [-0.4, -0.2) is 52.6 Å². The van der Waals surface area contributed by atoms with Crippen molar-refractivity contribution in [1.29, 1.82) is 0 Å². The van der Waals surface area contributed by atoms with E-state index in [4.69, 9.17) is 11.5 Å². The fourth-order valence-corrected chi connectivity index (χ4v) is 3.00. The third kappa shape index (κ3) is 5.88. The molecule has 2 N–H and O–H groups in total. The van der Waals surface area contributed by atoms with Gasteiger partial charge in [-0.3, -0.25) is 4.79 Å². The number of terminal acetylenes is 1. The highest BCUT2D eigenvalue weighted by Gasteiger charge is 2.28. The molecule has 1 atom stereocenters. The van der Waals surface area contributed by atoms with Crippen LogP contribution < -0.4 is 5.32 Å². The van der Waals surface area contributed by atoms with E-state index in [0.717, 1.165) is 25.0 Å². The normalized spacial score (nSPS) is 18.7. The molecular weight excluding hydrogens is 264 g/mol. The number of rotatable bonds is 6. The van der Waals surface area contributed by atoms with Crippen LogP contribution in [0.2, 0.25) is 0 Å². The molecule has 0 aromatic carbocycles. The molecule has 0 aromatic rings. The standard InChI is InChI=1S/C13H20N2O3S/c1-2-3-4-5-6-14-13(18)15-7-8-19-10-11(15)9-12(16)17/h1,11H,3-10H2,(H,14,18)(H,16,17). The Morgan fingerprint density at radius 2 is 2.26 bits per heavy atom. The maximum absolute atomic E-state index is 12.0. The average molecular weight is 284 g/mol. The van der Waals surface area contributed by atoms with Crippen molar-refractivity contribution < 1.29 is 14.7 Å². The summed E-state index contributed by atoms with van der Waals surface area (Å²) in [5.74, 6) is 3.25. The minimum absolute atomic E-state index is 0.0114. The molecule has 0 radical (unpaired) electrons. The summed E-state index contributed by atoms with van der Waals surface area (Å²) in [6.45, 7) is 1.20. The summed E-state index contributed by atoms with van der Waals surface area (Å²) >= 11 is 1.69. The summed E-state index contributed by atoms with van der Waals surface area (Å²) in [6, 6.07) is -0.366. The Bertz CT molecular complexity index is 354. The first-order valence-corrected chi connectivity index (χ1v) is 7.58. The van der Waals surface area contributed by atoms with Crippen LogP contribution in [0.1, 0.15) is 25.7 Å². The van der Waals surface area contributed by atoms with Crippen molar-refractivity contribution in [2.24, 2.45) is 0 Å². The van der Waals surface area contributed by atoms with Crippen molar-refractivity contribution >= 4 is 23.8 Å². The van der Waals surface area contributed by atoms with E-state index in [1.807, 2.05) is 0 Å². The molecule has 19 heavy (non-hydrogen) atoms. The monoisotopic (exact) mass is 284 g/mol. The first-order valence-electron chi connectivity index (χ1n) is 6.42. The molecule has 2 amide bonds. The second-order valence-electron chi connectivity index (χ2n) is 4.41. The summed E-state index contributed by atoms with van der Waals surface area (Å²) in [5.41, 5.74) is 0. The van der Waals surface area contributed by atoms with Crippen molar-refractivity contribution in [2.75, 3.05) is 24.6 Å². The lowest BCUT2D eigenvalue weighted by atomic mass is 10.2. The molecule has 1 rings (SSSR count). The number of carbonyl (C=O) groups excluding carboxylic acids is 1. The van der Waals surface area contributed by atoms with Gasteiger partial charge in [0.05, 0.1) is 12.5 Å². The lowest BCUT2D eigenvalue weighted by molar-refractivity contribution is -0.137. The molecule has 0 bridgehead atoms. The highest BCUT2D eigenvalue weighted by molar-refractivity contribution is 7.99. The van der Waals surface area contributed by atoms with Gasteiger partial charge < -0.3 is 15.3 Å².